The molecule has 4 rings (SSSR count). The lowest BCUT2D eigenvalue weighted by molar-refractivity contribution is -0.122. The smallest absolute Gasteiger partial charge is 0.270 e. The highest BCUT2D eigenvalue weighted by Crippen LogP contribution is 2.28. The Hall–Kier alpha value is -3.48. The van der Waals surface area contributed by atoms with E-state index in [0.717, 1.165) is 16.7 Å². The number of carbonyl (C=O) groups is 2. The second-order valence-electron chi connectivity index (χ2n) is 7.76. The number of amides is 2. The molecule has 0 radical (unpaired) electrons. The van der Waals surface area contributed by atoms with Gasteiger partial charge in [0.15, 0.2) is 5.11 Å². The number of rotatable bonds is 5. The Morgan fingerprint density at radius 2 is 1.70 bits per heavy atom. The number of thiocarbonyl (C=S) groups is 1. The van der Waals surface area contributed by atoms with E-state index < -0.39 is 11.8 Å². The average Bonchev–Trinajstić information content (AvgIpc) is 2.76. The summed E-state index contributed by atoms with van der Waals surface area (Å²) in [5.74, 6) is -0.585. The molecule has 7 heteroatoms. The van der Waals surface area contributed by atoms with Crippen LogP contribution in [0.25, 0.3) is 6.08 Å². The molecule has 1 heterocycles. The zero-order chi connectivity index (χ0) is 23.5. The summed E-state index contributed by atoms with van der Waals surface area (Å²) in [7, 11) is 0. The van der Waals surface area contributed by atoms with Crippen molar-refractivity contribution in [3.8, 4) is 5.75 Å². The Balaban J connectivity index is 1.67. The molecule has 1 fully saturated rings. The fourth-order valence-corrected chi connectivity index (χ4v) is 4.16. The molecule has 0 aliphatic carbocycles. The van der Waals surface area contributed by atoms with E-state index in [4.69, 9.17) is 28.6 Å². The Bertz CT molecular complexity index is 1270. The van der Waals surface area contributed by atoms with Gasteiger partial charge in [0.1, 0.15) is 17.9 Å². The maximum absolute atomic E-state index is 13.2. The summed E-state index contributed by atoms with van der Waals surface area (Å²) in [4.78, 5) is 27.2. The molecule has 3 aromatic carbocycles. The largest absolute Gasteiger partial charge is 0.488 e. The van der Waals surface area contributed by atoms with Crippen LogP contribution < -0.4 is 15.0 Å². The van der Waals surface area contributed by atoms with Gasteiger partial charge in [0, 0.05) is 10.6 Å². The molecule has 0 atom stereocenters. The fraction of sp³-hybridized carbons (Fsp3) is 0.115. The molecule has 0 unspecified atom stereocenters. The van der Waals surface area contributed by atoms with Crippen LogP contribution >= 0.6 is 23.8 Å². The quantitative estimate of drug-likeness (QED) is 0.305. The van der Waals surface area contributed by atoms with Crippen LogP contribution in [-0.4, -0.2) is 16.9 Å². The van der Waals surface area contributed by atoms with Gasteiger partial charge in [-0.2, -0.15) is 0 Å². The zero-order valence-electron chi connectivity index (χ0n) is 18.1. The number of nitrogens with one attached hydrogen (secondary N) is 1. The van der Waals surface area contributed by atoms with Crippen LogP contribution in [0.1, 0.15) is 22.3 Å². The van der Waals surface area contributed by atoms with Gasteiger partial charge in [0.2, 0.25) is 0 Å². The minimum Gasteiger partial charge on any atom is -0.488 e. The van der Waals surface area contributed by atoms with Crippen molar-refractivity contribution in [2.75, 3.05) is 4.90 Å². The maximum Gasteiger partial charge on any atom is 0.270 e. The molecule has 0 aromatic heterocycles. The molecular formula is C26H21ClN2O3S. The van der Waals surface area contributed by atoms with Gasteiger partial charge in [0.05, 0.1) is 5.69 Å². The third kappa shape index (κ3) is 5.13. The minimum atomic E-state index is -0.572. The van der Waals surface area contributed by atoms with E-state index in [1.54, 1.807) is 42.5 Å². The SMILES string of the molecule is Cc1cc(C)cc(COc2ccc(Cl)cc2/C=C2/C(=O)NC(=S)N(c3ccccc3)C2=O)c1. The topological polar surface area (TPSA) is 58.6 Å². The van der Waals surface area contributed by atoms with Gasteiger partial charge >= 0.3 is 0 Å². The lowest BCUT2D eigenvalue weighted by atomic mass is 10.1. The molecule has 2 amide bonds. The lowest BCUT2D eigenvalue weighted by Crippen LogP contribution is -2.54. The summed E-state index contributed by atoms with van der Waals surface area (Å²) in [5, 5.41) is 3.08. The van der Waals surface area contributed by atoms with E-state index in [0.29, 0.717) is 28.6 Å². The first-order chi connectivity index (χ1) is 15.8. The number of nitrogens with zero attached hydrogens (tertiary/aromatic N) is 1. The lowest BCUT2D eigenvalue weighted by Gasteiger charge is -2.29. The summed E-state index contributed by atoms with van der Waals surface area (Å²) < 4.78 is 6.05. The second kappa shape index (κ2) is 9.57. The van der Waals surface area contributed by atoms with Gasteiger partial charge in [-0.3, -0.25) is 19.8 Å². The Morgan fingerprint density at radius 1 is 1.00 bits per heavy atom. The van der Waals surface area contributed by atoms with Gasteiger partial charge in [0.25, 0.3) is 11.8 Å². The van der Waals surface area contributed by atoms with Crippen molar-refractivity contribution < 1.29 is 14.3 Å². The zero-order valence-corrected chi connectivity index (χ0v) is 19.7. The second-order valence-corrected chi connectivity index (χ2v) is 8.58. The average molecular weight is 477 g/mol. The predicted molar refractivity (Wildman–Crippen MR) is 134 cm³/mol. The number of benzene rings is 3. The molecule has 3 aromatic rings. The number of carbonyl (C=O) groups excluding carboxylic acids is 2. The first-order valence-corrected chi connectivity index (χ1v) is 11.1. The summed E-state index contributed by atoms with van der Waals surface area (Å²) in [6, 6.07) is 20.2. The number of hydrogen-bond acceptors (Lipinski definition) is 4. The van der Waals surface area contributed by atoms with Crippen molar-refractivity contribution in [3.63, 3.8) is 0 Å². The summed E-state index contributed by atoms with van der Waals surface area (Å²) in [5.41, 5.74) is 4.34. The number of halogens is 1. The summed E-state index contributed by atoms with van der Waals surface area (Å²) in [6.07, 6.45) is 1.48. The van der Waals surface area contributed by atoms with E-state index in [1.807, 2.05) is 19.9 Å². The molecular weight excluding hydrogens is 456 g/mol. The fourth-order valence-electron chi connectivity index (χ4n) is 3.70. The highest BCUT2D eigenvalue weighted by atomic mass is 35.5. The molecule has 1 saturated heterocycles. The number of para-hydroxylation sites is 1. The number of anilines is 1. The van der Waals surface area contributed by atoms with Crippen molar-refractivity contribution in [1.29, 1.82) is 0 Å². The van der Waals surface area contributed by atoms with Crippen molar-refractivity contribution in [1.82, 2.24) is 5.32 Å². The highest BCUT2D eigenvalue weighted by Gasteiger charge is 2.34. The van der Waals surface area contributed by atoms with Crippen molar-refractivity contribution in [2.45, 2.75) is 20.5 Å². The molecule has 5 nitrogen and oxygen atoms in total. The normalized spacial score (nSPS) is 15.1. The summed E-state index contributed by atoms with van der Waals surface area (Å²) in [6.45, 7) is 4.40. The Morgan fingerprint density at radius 3 is 2.39 bits per heavy atom. The molecule has 33 heavy (non-hydrogen) atoms. The molecule has 0 bridgehead atoms. The number of hydrogen-bond donors (Lipinski definition) is 1. The minimum absolute atomic E-state index is 0.0331. The van der Waals surface area contributed by atoms with E-state index in [9.17, 15) is 9.59 Å². The van der Waals surface area contributed by atoms with Gasteiger partial charge in [-0.05, 0) is 68.0 Å². The first kappa shape index (κ1) is 22.7. The van der Waals surface area contributed by atoms with E-state index >= 15 is 0 Å². The van der Waals surface area contributed by atoms with Gasteiger partial charge < -0.3 is 4.74 Å². The predicted octanol–water partition coefficient (Wildman–Crippen LogP) is 5.37. The van der Waals surface area contributed by atoms with Crippen LogP contribution in [0.3, 0.4) is 0 Å². The summed E-state index contributed by atoms with van der Waals surface area (Å²) >= 11 is 11.5. The van der Waals surface area contributed by atoms with Crippen LogP contribution in [0.2, 0.25) is 5.02 Å². The molecule has 1 aliphatic heterocycles. The maximum atomic E-state index is 13.2. The van der Waals surface area contributed by atoms with Gasteiger partial charge in [-0.1, -0.05) is 59.1 Å². The number of aryl methyl sites for hydroxylation is 2. The van der Waals surface area contributed by atoms with Gasteiger partial charge in [-0.15, -0.1) is 0 Å². The van der Waals surface area contributed by atoms with Crippen molar-refractivity contribution in [3.05, 3.63) is 99.6 Å². The Labute approximate surface area is 202 Å². The molecule has 1 N–H and O–H groups in total. The molecule has 0 saturated carbocycles. The molecule has 1 aliphatic rings. The standard InChI is InChI=1S/C26H21ClN2O3S/c1-16-10-17(2)12-18(11-16)15-32-23-9-8-20(27)13-19(23)14-22-24(30)28-26(33)29(25(22)31)21-6-4-3-5-7-21/h3-14H,15H2,1-2H3,(H,28,30,33)/b22-14-. The van der Waals surface area contributed by atoms with E-state index in [2.05, 4.69) is 23.5 Å². The van der Waals surface area contributed by atoms with Crippen LogP contribution in [0, 0.1) is 13.8 Å². The third-order valence-electron chi connectivity index (χ3n) is 5.06. The van der Waals surface area contributed by atoms with Crippen molar-refractivity contribution >= 4 is 52.5 Å². The van der Waals surface area contributed by atoms with E-state index in [-0.39, 0.29) is 10.7 Å². The van der Waals surface area contributed by atoms with E-state index in [1.165, 1.54) is 11.0 Å². The molecule has 0 spiro atoms. The first-order valence-electron chi connectivity index (χ1n) is 10.3. The van der Waals surface area contributed by atoms with Crippen LogP contribution in [0.15, 0.2) is 72.3 Å². The third-order valence-corrected chi connectivity index (χ3v) is 5.58. The number of ether oxygens (including phenoxy) is 1. The highest BCUT2D eigenvalue weighted by molar-refractivity contribution is 7.80. The van der Waals surface area contributed by atoms with Crippen LogP contribution in [0.4, 0.5) is 5.69 Å². The van der Waals surface area contributed by atoms with Gasteiger partial charge in [-0.25, -0.2) is 0 Å². The van der Waals surface area contributed by atoms with Crippen LogP contribution in [0.5, 0.6) is 5.75 Å². The van der Waals surface area contributed by atoms with Crippen LogP contribution in [-0.2, 0) is 16.2 Å². The monoisotopic (exact) mass is 476 g/mol. The van der Waals surface area contributed by atoms with Crippen molar-refractivity contribution in [2.24, 2.45) is 0 Å². The molecule has 166 valence electrons. The Kier molecular flexibility index (Phi) is 6.58.